The molecule has 20 heavy (non-hydrogen) atoms. The molecular formula is C14H19ClO5. The summed E-state index contributed by atoms with van der Waals surface area (Å²) in [5, 5.41) is 19.0. The van der Waals surface area contributed by atoms with Crippen LogP contribution in [0.4, 0.5) is 0 Å². The maximum absolute atomic E-state index is 11.0. The van der Waals surface area contributed by atoms with Gasteiger partial charge in [0.25, 0.3) is 0 Å². The van der Waals surface area contributed by atoms with Crippen LogP contribution in [-0.4, -0.2) is 42.1 Å². The number of hydrogen-bond acceptors (Lipinski definition) is 4. The van der Waals surface area contributed by atoms with Crippen LogP contribution in [0.2, 0.25) is 5.02 Å². The lowest BCUT2D eigenvalue weighted by Crippen LogP contribution is -2.24. The van der Waals surface area contributed by atoms with E-state index >= 15 is 0 Å². The Morgan fingerprint density at radius 2 is 2.15 bits per heavy atom. The average Bonchev–Trinajstić information content (AvgIpc) is 2.42. The summed E-state index contributed by atoms with van der Waals surface area (Å²) in [5.74, 6) is -0.953. The van der Waals surface area contributed by atoms with Crippen molar-refractivity contribution in [2.75, 3.05) is 19.8 Å². The maximum Gasteiger partial charge on any atom is 0.339 e. The molecular weight excluding hydrogens is 284 g/mol. The van der Waals surface area contributed by atoms with Crippen LogP contribution >= 0.6 is 11.6 Å². The lowest BCUT2D eigenvalue weighted by atomic mass is 10.2. The van der Waals surface area contributed by atoms with Crippen LogP contribution in [0.1, 0.15) is 30.1 Å². The summed E-state index contributed by atoms with van der Waals surface area (Å²) >= 11 is 5.73. The second-order valence-electron chi connectivity index (χ2n) is 4.34. The molecule has 1 unspecified atom stereocenters. The van der Waals surface area contributed by atoms with Gasteiger partial charge in [0.15, 0.2) is 0 Å². The highest BCUT2D eigenvalue weighted by atomic mass is 35.5. The van der Waals surface area contributed by atoms with E-state index in [1.807, 2.05) is 0 Å². The summed E-state index contributed by atoms with van der Waals surface area (Å²) in [5.41, 5.74) is -0.0309. The topological polar surface area (TPSA) is 76.0 Å². The molecule has 0 aliphatic heterocycles. The quantitative estimate of drug-likeness (QED) is 0.686. The molecule has 0 amide bonds. The second kappa shape index (κ2) is 8.79. The third kappa shape index (κ3) is 5.77. The van der Waals surface area contributed by atoms with Gasteiger partial charge in [0.05, 0.1) is 6.61 Å². The van der Waals surface area contributed by atoms with Crippen molar-refractivity contribution in [3.63, 3.8) is 0 Å². The minimum absolute atomic E-state index is 0.0309. The van der Waals surface area contributed by atoms with E-state index < -0.39 is 12.1 Å². The molecule has 0 aliphatic carbocycles. The van der Waals surface area contributed by atoms with Crippen LogP contribution in [0.3, 0.4) is 0 Å². The van der Waals surface area contributed by atoms with Gasteiger partial charge in [-0.3, -0.25) is 0 Å². The Kier molecular flexibility index (Phi) is 7.36. The monoisotopic (exact) mass is 302 g/mol. The van der Waals surface area contributed by atoms with Crippen molar-refractivity contribution in [3.05, 3.63) is 28.8 Å². The first-order valence-corrected chi connectivity index (χ1v) is 6.83. The zero-order valence-electron chi connectivity index (χ0n) is 11.3. The third-order valence-electron chi connectivity index (χ3n) is 2.56. The van der Waals surface area contributed by atoms with Crippen LogP contribution < -0.4 is 4.74 Å². The van der Waals surface area contributed by atoms with Crippen molar-refractivity contribution >= 4 is 17.6 Å². The van der Waals surface area contributed by atoms with E-state index in [1.54, 1.807) is 0 Å². The lowest BCUT2D eigenvalue weighted by Gasteiger charge is -2.14. The summed E-state index contributed by atoms with van der Waals surface area (Å²) < 4.78 is 10.6. The van der Waals surface area contributed by atoms with Crippen LogP contribution in [0.25, 0.3) is 0 Å². The molecule has 1 rings (SSSR count). The van der Waals surface area contributed by atoms with Crippen LogP contribution in [-0.2, 0) is 4.74 Å². The molecule has 1 atom stereocenters. The number of ether oxygens (including phenoxy) is 2. The van der Waals surface area contributed by atoms with Gasteiger partial charge < -0.3 is 19.7 Å². The van der Waals surface area contributed by atoms with Gasteiger partial charge in [-0.15, -0.1) is 0 Å². The van der Waals surface area contributed by atoms with E-state index in [9.17, 15) is 9.90 Å². The van der Waals surface area contributed by atoms with Crippen LogP contribution in [0, 0.1) is 0 Å². The molecule has 0 fully saturated rings. The van der Waals surface area contributed by atoms with E-state index in [0.29, 0.717) is 11.6 Å². The Morgan fingerprint density at radius 1 is 1.40 bits per heavy atom. The number of carboxylic acid groups (broad SMARTS) is 1. The molecule has 0 saturated carbocycles. The van der Waals surface area contributed by atoms with Crippen molar-refractivity contribution in [1.29, 1.82) is 0 Å². The summed E-state index contributed by atoms with van der Waals surface area (Å²) in [6.45, 7) is 2.77. The first-order valence-electron chi connectivity index (χ1n) is 6.46. The summed E-state index contributed by atoms with van der Waals surface area (Å²) in [4.78, 5) is 11.0. The number of hydrogen-bond donors (Lipinski definition) is 2. The number of aliphatic hydroxyl groups is 1. The Morgan fingerprint density at radius 3 is 2.80 bits per heavy atom. The number of halogens is 1. The molecule has 0 spiro atoms. The van der Waals surface area contributed by atoms with Gasteiger partial charge in [0.2, 0.25) is 0 Å². The Labute approximate surface area is 123 Å². The summed E-state index contributed by atoms with van der Waals surface area (Å²) in [7, 11) is 0. The average molecular weight is 303 g/mol. The highest BCUT2D eigenvalue weighted by Crippen LogP contribution is 2.23. The minimum Gasteiger partial charge on any atom is -0.490 e. The number of rotatable bonds is 9. The van der Waals surface area contributed by atoms with Gasteiger partial charge in [-0.25, -0.2) is 4.79 Å². The number of aromatic carboxylic acids is 1. The fourth-order valence-electron chi connectivity index (χ4n) is 1.50. The van der Waals surface area contributed by atoms with E-state index in [1.165, 1.54) is 18.2 Å². The Bertz CT molecular complexity index is 436. The zero-order chi connectivity index (χ0) is 15.0. The van der Waals surface area contributed by atoms with E-state index in [4.69, 9.17) is 26.2 Å². The van der Waals surface area contributed by atoms with Crippen molar-refractivity contribution in [1.82, 2.24) is 0 Å². The smallest absolute Gasteiger partial charge is 0.339 e. The second-order valence-corrected chi connectivity index (χ2v) is 4.78. The van der Waals surface area contributed by atoms with Crippen LogP contribution in [0.15, 0.2) is 18.2 Å². The van der Waals surface area contributed by atoms with Crippen molar-refractivity contribution in [2.24, 2.45) is 0 Å². The van der Waals surface area contributed by atoms with Gasteiger partial charge in [0, 0.05) is 11.6 Å². The molecule has 1 aromatic rings. The fourth-order valence-corrected chi connectivity index (χ4v) is 1.67. The van der Waals surface area contributed by atoms with E-state index in [-0.39, 0.29) is 24.5 Å². The first-order chi connectivity index (χ1) is 9.54. The van der Waals surface area contributed by atoms with E-state index in [2.05, 4.69) is 6.92 Å². The van der Waals surface area contributed by atoms with Crippen LogP contribution in [0.5, 0.6) is 5.75 Å². The molecule has 0 aliphatic rings. The number of benzene rings is 1. The largest absolute Gasteiger partial charge is 0.490 e. The molecule has 6 heteroatoms. The van der Waals surface area contributed by atoms with Gasteiger partial charge in [-0.2, -0.15) is 0 Å². The van der Waals surface area contributed by atoms with Gasteiger partial charge in [-0.1, -0.05) is 24.9 Å². The van der Waals surface area contributed by atoms with Gasteiger partial charge in [0.1, 0.15) is 24.0 Å². The minimum atomic E-state index is -1.13. The van der Waals surface area contributed by atoms with Crippen molar-refractivity contribution in [2.45, 2.75) is 25.9 Å². The van der Waals surface area contributed by atoms with Crippen molar-refractivity contribution < 1.29 is 24.5 Å². The summed E-state index contributed by atoms with van der Waals surface area (Å²) in [6, 6.07) is 4.31. The normalized spacial score (nSPS) is 12.2. The molecule has 0 aromatic heterocycles. The maximum atomic E-state index is 11.0. The van der Waals surface area contributed by atoms with Gasteiger partial charge in [-0.05, 0) is 24.6 Å². The molecule has 1 aromatic carbocycles. The number of unbranched alkanes of at least 4 members (excludes halogenated alkanes) is 1. The standard InChI is InChI=1S/C14H19ClO5/c1-2-3-6-19-8-11(16)9-20-13-5-4-10(15)7-12(13)14(17)18/h4-5,7,11,16H,2-3,6,8-9H2,1H3,(H,17,18). The van der Waals surface area contributed by atoms with E-state index in [0.717, 1.165) is 12.8 Å². The zero-order valence-corrected chi connectivity index (χ0v) is 12.1. The molecule has 0 radical (unpaired) electrons. The number of aliphatic hydroxyl groups excluding tert-OH is 1. The Balaban J connectivity index is 2.46. The highest BCUT2D eigenvalue weighted by molar-refractivity contribution is 6.31. The fraction of sp³-hybridized carbons (Fsp3) is 0.500. The number of carboxylic acids is 1. The third-order valence-corrected chi connectivity index (χ3v) is 2.79. The molecule has 5 nitrogen and oxygen atoms in total. The molecule has 0 bridgehead atoms. The lowest BCUT2D eigenvalue weighted by molar-refractivity contribution is 0.0110. The number of carbonyl (C=O) groups is 1. The first kappa shape index (κ1) is 16.8. The highest BCUT2D eigenvalue weighted by Gasteiger charge is 2.13. The molecule has 2 N–H and O–H groups in total. The molecule has 0 saturated heterocycles. The van der Waals surface area contributed by atoms with Crippen molar-refractivity contribution in [3.8, 4) is 5.75 Å². The van der Waals surface area contributed by atoms with Gasteiger partial charge >= 0.3 is 5.97 Å². The predicted octanol–water partition coefficient (Wildman–Crippen LogP) is 2.59. The Hall–Kier alpha value is -1.30. The molecule has 0 heterocycles. The summed E-state index contributed by atoms with van der Waals surface area (Å²) in [6.07, 6.45) is 1.16. The SMILES string of the molecule is CCCCOCC(O)COc1ccc(Cl)cc1C(=O)O. The molecule has 112 valence electrons. The predicted molar refractivity (Wildman–Crippen MR) is 75.6 cm³/mol.